The van der Waals surface area contributed by atoms with Crippen LogP contribution < -0.4 is 5.32 Å². The average molecular weight is 460 g/mol. The predicted molar refractivity (Wildman–Crippen MR) is 127 cm³/mol. The SMILES string of the molecule is CCCCCCCCOC(=O)[C@@H](CCSCc1ccccn1)NC(=O)c1ncccc1O. The van der Waals surface area contributed by atoms with Gasteiger partial charge in [0, 0.05) is 18.1 Å². The van der Waals surface area contributed by atoms with Crippen molar-refractivity contribution in [2.24, 2.45) is 0 Å². The van der Waals surface area contributed by atoms with Crippen LogP contribution in [-0.2, 0) is 15.3 Å². The number of hydrogen-bond donors (Lipinski definition) is 2. The molecule has 174 valence electrons. The van der Waals surface area contributed by atoms with Crippen LogP contribution in [0.1, 0.15) is 68.1 Å². The number of rotatable bonds is 15. The molecule has 8 heteroatoms. The molecule has 7 nitrogen and oxygen atoms in total. The number of ether oxygens (including phenoxy) is 1. The van der Waals surface area contributed by atoms with Crippen LogP contribution in [0, 0.1) is 0 Å². The molecule has 2 rings (SSSR count). The number of aromatic nitrogens is 2. The quantitative estimate of drug-likeness (QED) is 0.298. The molecular weight excluding hydrogens is 426 g/mol. The van der Waals surface area contributed by atoms with Crippen LogP contribution >= 0.6 is 11.8 Å². The lowest BCUT2D eigenvalue weighted by Crippen LogP contribution is -2.42. The smallest absolute Gasteiger partial charge is 0.328 e. The molecule has 2 aromatic rings. The van der Waals surface area contributed by atoms with Gasteiger partial charge in [0.2, 0.25) is 0 Å². The summed E-state index contributed by atoms with van der Waals surface area (Å²) in [5, 5.41) is 12.6. The fourth-order valence-corrected chi connectivity index (χ4v) is 3.99. The predicted octanol–water partition coefficient (Wildman–Crippen LogP) is 4.51. The first-order chi connectivity index (χ1) is 15.6. The van der Waals surface area contributed by atoms with Crippen LogP contribution in [0.2, 0.25) is 0 Å². The summed E-state index contributed by atoms with van der Waals surface area (Å²) in [6.45, 7) is 2.52. The number of nitrogens with one attached hydrogen (secondary N) is 1. The van der Waals surface area contributed by atoms with Crippen LogP contribution in [0.5, 0.6) is 5.75 Å². The van der Waals surface area contributed by atoms with Crippen molar-refractivity contribution in [1.29, 1.82) is 0 Å². The van der Waals surface area contributed by atoms with E-state index >= 15 is 0 Å². The number of hydrogen-bond acceptors (Lipinski definition) is 7. The van der Waals surface area contributed by atoms with Gasteiger partial charge in [-0.05, 0) is 42.9 Å². The summed E-state index contributed by atoms with van der Waals surface area (Å²) >= 11 is 1.63. The minimum absolute atomic E-state index is 0.109. The van der Waals surface area contributed by atoms with E-state index in [0.717, 1.165) is 30.7 Å². The van der Waals surface area contributed by atoms with E-state index in [0.29, 0.717) is 18.8 Å². The molecule has 0 bridgehead atoms. The first kappa shape index (κ1) is 25.6. The monoisotopic (exact) mass is 459 g/mol. The highest BCUT2D eigenvalue weighted by molar-refractivity contribution is 7.98. The van der Waals surface area contributed by atoms with Crippen LogP contribution in [0.3, 0.4) is 0 Å². The Labute approximate surface area is 194 Å². The normalized spacial score (nSPS) is 11.7. The van der Waals surface area contributed by atoms with E-state index < -0.39 is 17.9 Å². The van der Waals surface area contributed by atoms with Crippen molar-refractivity contribution in [3.05, 3.63) is 54.1 Å². The Kier molecular flexibility index (Phi) is 12.2. The van der Waals surface area contributed by atoms with E-state index in [2.05, 4.69) is 22.2 Å². The van der Waals surface area contributed by atoms with Crippen molar-refractivity contribution < 1.29 is 19.4 Å². The van der Waals surface area contributed by atoms with Crippen molar-refractivity contribution in [3.63, 3.8) is 0 Å². The van der Waals surface area contributed by atoms with E-state index in [9.17, 15) is 14.7 Å². The molecule has 0 saturated heterocycles. The Morgan fingerprint density at radius 3 is 2.59 bits per heavy atom. The van der Waals surface area contributed by atoms with Gasteiger partial charge in [-0.25, -0.2) is 9.78 Å². The van der Waals surface area contributed by atoms with Crippen molar-refractivity contribution in [2.75, 3.05) is 12.4 Å². The molecule has 0 radical (unpaired) electrons. The average Bonchev–Trinajstić information content (AvgIpc) is 2.81. The number of thioether (sulfide) groups is 1. The molecule has 2 aromatic heterocycles. The number of esters is 1. The number of unbranched alkanes of at least 4 members (excludes halogenated alkanes) is 5. The third-order valence-corrected chi connectivity index (χ3v) is 5.88. The minimum Gasteiger partial charge on any atom is -0.505 e. The third-order valence-electron chi connectivity index (χ3n) is 4.86. The van der Waals surface area contributed by atoms with Crippen molar-refractivity contribution in [1.82, 2.24) is 15.3 Å². The third kappa shape index (κ3) is 9.68. The van der Waals surface area contributed by atoms with Crippen molar-refractivity contribution >= 4 is 23.6 Å². The number of carbonyl (C=O) groups is 2. The highest BCUT2D eigenvalue weighted by atomic mass is 32.2. The number of carbonyl (C=O) groups excluding carboxylic acids is 2. The summed E-state index contributed by atoms with van der Waals surface area (Å²) in [4.78, 5) is 33.4. The van der Waals surface area contributed by atoms with Gasteiger partial charge in [-0.2, -0.15) is 11.8 Å². The van der Waals surface area contributed by atoms with Crippen LogP contribution in [0.4, 0.5) is 0 Å². The number of nitrogens with zero attached hydrogens (tertiary/aromatic N) is 2. The fourth-order valence-electron chi connectivity index (χ4n) is 3.06. The molecule has 1 atom stereocenters. The summed E-state index contributed by atoms with van der Waals surface area (Å²) in [6, 6.07) is 7.87. The van der Waals surface area contributed by atoms with Gasteiger partial charge in [-0.1, -0.05) is 45.1 Å². The zero-order valence-electron chi connectivity index (χ0n) is 18.7. The molecule has 0 aromatic carbocycles. The summed E-state index contributed by atoms with van der Waals surface area (Å²) in [6.07, 6.45) is 10.2. The summed E-state index contributed by atoms with van der Waals surface area (Å²) in [5.41, 5.74) is 0.851. The highest BCUT2D eigenvalue weighted by Crippen LogP contribution is 2.15. The topological polar surface area (TPSA) is 101 Å². The Bertz CT molecular complexity index is 820. The van der Waals surface area contributed by atoms with Crippen molar-refractivity contribution in [2.45, 2.75) is 63.7 Å². The number of amides is 1. The van der Waals surface area contributed by atoms with Gasteiger partial charge >= 0.3 is 5.97 Å². The van der Waals surface area contributed by atoms with E-state index in [-0.39, 0.29) is 11.4 Å². The van der Waals surface area contributed by atoms with E-state index in [1.165, 1.54) is 37.6 Å². The van der Waals surface area contributed by atoms with Gasteiger partial charge in [0.1, 0.15) is 11.8 Å². The van der Waals surface area contributed by atoms with Gasteiger partial charge in [0.15, 0.2) is 5.69 Å². The van der Waals surface area contributed by atoms with Crippen LogP contribution in [0.15, 0.2) is 42.7 Å². The summed E-state index contributed by atoms with van der Waals surface area (Å²) < 4.78 is 5.43. The fraction of sp³-hybridized carbons (Fsp3) is 0.500. The van der Waals surface area contributed by atoms with Crippen molar-refractivity contribution in [3.8, 4) is 5.75 Å². The van der Waals surface area contributed by atoms with E-state index in [4.69, 9.17) is 4.74 Å². The molecule has 0 aliphatic carbocycles. The molecule has 0 aliphatic heterocycles. The zero-order chi connectivity index (χ0) is 23.0. The van der Waals surface area contributed by atoms with Crippen LogP contribution in [-0.4, -0.2) is 45.4 Å². The second-order valence-electron chi connectivity index (χ2n) is 7.49. The zero-order valence-corrected chi connectivity index (χ0v) is 19.5. The maximum atomic E-state index is 12.7. The molecule has 0 fully saturated rings. The lowest BCUT2D eigenvalue weighted by molar-refractivity contribution is -0.146. The van der Waals surface area contributed by atoms with Crippen LogP contribution in [0.25, 0.3) is 0 Å². The molecule has 2 heterocycles. The molecule has 0 aliphatic rings. The Morgan fingerprint density at radius 1 is 1.06 bits per heavy atom. The van der Waals surface area contributed by atoms with E-state index in [1.54, 1.807) is 18.0 Å². The number of pyridine rings is 2. The Morgan fingerprint density at radius 2 is 1.84 bits per heavy atom. The standard InChI is InChI=1S/C24H33N3O4S/c1-2-3-4-5-6-9-16-31-24(30)20(13-17-32-18-19-11-7-8-14-25-19)27-23(29)22-21(28)12-10-15-26-22/h7-8,10-12,14-15,20,28H,2-6,9,13,16-18H2,1H3,(H,27,29)/t20-/m1/s1. The van der Waals surface area contributed by atoms with E-state index in [1.807, 2.05) is 18.2 Å². The highest BCUT2D eigenvalue weighted by Gasteiger charge is 2.24. The lowest BCUT2D eigenvalue weighted by Gasteiger charge is -2.18. The summed E-state index contributed by atoms with van der Waals surface area (Å²) in [7, 11) is 0. The van der Waals surface area contributed by atoms with Gasteiger partial charge < -0.3 is 15.2 Å². The molecule has 0 spiro atoms. The molecule has 32 heavy (non-hydrogen) atoms. The molecule has 0 saturated carbocycles. The van der Waals surface area contributed by atoms with Gasteiger partial charge in [0.25, 0.3) is 5.91 Å². The largest absolute Gasteiger partial charge is 0.505 e. The minimum atomic E-state index is -0.805. The second-order valence-corrected chi connectivity index (χ2v) is 8.60. The Balaban J connectivity index is 1.85. The van der Waals surface area contributed by atoms with Gasteiger partial charge in [0.05, 0.1) is 12.3 Å². The van der Waals surface area contributed by atoms with Gasteiger partial charge in [-0.15, -0.1) is 0 Å². The second kappa shape index (κ2) is 15.2. The molecule has 1 amide bonds. The maximum Gasteiger partial charge on any atom is 0.328 e. The first-order valence-corrected chi connectivity index (χ1v) is 12.4. The molecule has 0 unspecified atom stereocenters. The Hall–Kier alpha value is -2.61. The molecule has 2 N–H and O–H groups in total. The lowest BCUT2D eigenvalue weighted by atomic mass is 10.1. The summed E-state index contributed by atoms with van der Waals surface area (Å²) in [5.74, 6) is 0.0748. The molecular formula is C24H33N3O4S. The van der Waals surface area contributed by atoms with Gasteiger partial charge in [-0.3, -0.25) is 9.78 Å². The number of aromatic hydroxyl groups is 1. The first-order valence-electron chi connectivity index (χ1n) is 11.2. The maximum absolute atomic E-state index is 12.7.